The van der Waals surface area contributed by atoms with Crippen LogP contribution in [0.15, 0.2) is 195 Å². The second-order valence-corrected chi connectivity index (χ2v) is 19.3. The Morgan fingerprint density at radius 1 is 0.485 bits per heavy atom. The Balaban J connectivity index is 0.977. The van der Waals surface area contributed by atoms with E-state index in [0.717, 1.165) is 56.9 Å². The molecule has 66 heavy (non-hydrogen) atoms. The number of hydrogen-bond acceptors (Lipinski definition) is 11. The average molecular weight is 933 g/mol. The number of aromatic nitrogens is 6. The summed E-state index contributed by atoms with van der Waals surface area (Å²) in [5.74, 6) is 0.886. The molecule has 2 heterocycles. The zero-order valence-electron chi connectivity index (χ0n) is 36.5. The Morgan fingerprint density at radius 3 is 0.985 bits per heavy atom. The Labute approximate surface area is 394 Å². The van der Waals surface area contributed by atoms with Crippen LogP contribution in [0.3, 0.4) is 0 Å². The van der Waals surface area contributed by atoms with Crippen molar-refractivity contribution < 1.29 is 23.2 Å². The van der Waals surface area contributed by atoms with Gasteiger partial charge >= 0.3 is 8.25 Å². The monoisotopic (exact) mass is 932 g/mol. The maximum atomic E-state index is 13.3. The Morgan fingerprint density at radius 2 is 0.742 bits per heavy atom. The van der Waals surface area contributed by atoms with Crippen LogP contribution in [-0.4, -0.2) is 53.0 Å². The van der Waals surface area contributed by atoms with Crippen molar-refractivity contribution in [2.45, 2.75) is 48.3 Å². The maximum absolute atomic E-state index is 13.3. The lowest BCUT2D eigenvalue weighted by Gasteiger charge is -2.36. The maximum Gasteiger partial charge on any atom is 0.319 e. The lowest BCUT2D eigenvalue weighted by molar-refractivity contribution is -0.110. The van der Waals surface area contributed by atoms with Gasteiger partial charge in [0.25, 0.3) is 0 Å². The van der Waals surface area contributed by atoms with Crippen LogP contribution < -0.4 is 0 Å². The smallest absolute Gasteiger partial charge is 0.311 e. The van der Waals surface area contributed by atoms with Gasteiger partial charge in [-0.05, 0) is 46.2 Å². The van der Waals surface area contributed by atoms with E-state index in [9.17, 15) is 14.2 Å². The summed E-state index contributed by atoms with van der Waals surface area (Å²) in [7, 11) is -2.98. The van der Waals surface area contributed by atoms with Gasteiger partial charge in [-0.1, -0.05) is 206 Å². The molecular formula is C52H49N6O5PS2. The van der Waals surface area contributed by atoms with Crippen molar-refractivity contribution in [2.75, 3.05) is 13.2 Å². The van der Waals surface area contributed by atoms with Gasteiger partial charge in [0, 0.05) is 13.8 Å². The van der Waals surface area contributed by atoms with Crippen molar-refractivity contribution in [3.05, 3.63) is 240 Å². The van der Waals surface area contributed by atoms with Crippen LogP contribution in [-0.2, 0) is 34.3 Å². The summed E-state index contributed by atoms with van der Waals surface area (Å²) >= 11 is 2.20. The number of thioether (sulfide) groups is 2. The first-order valence-corrected chi connectivity index (χ1v) is 24.6. The van der Waals surface area contributed by atoms with E-state index in [1.165, 1.54) is 13.8 Å². The standard InChI is InChI=1S/C52H49N6O5PS2/c1-39(59)65-47(49-53-37-57(55-49)51(41-21-9-3-10-22-41,42-23-11-4-12-24-42)43-25-13-5-14-26-43)33-35-62-64(61)63-36-34-48(66-40(2)60)50-54-38-58(56-50)52(44-27-15-6-16-28-44,45-29-17-7-18-30-45)46-31-19-8-20-32-46/h3-32,37-38,47-48,64H,33-36H2,1-2H3. The molecule has 334 valence electrons. The van der Waals surface area contributed by atoms with Crippen molar-refractivity contribution in [1.29, 1.82) is 0 Å². The summed E-state index contributed by atoms with van der Waals surface area (Å²) in [5, 5.41) is 8.96. The van der Waals surface area contributed by atoms with Crippen LogP contribution >= 0.6 is 31.8 Å². The molecule has 0 aliphatic heterocycles. The normalized spacial score (nSPS) is 13.2. The second-order valence-electron chi connectivity index (χ2n) is 15.4. The SMILES string of the molecule is CC(=O)SC(CCO[PH](=O)OCCC(SC(C)=O)c1ncn(C(c2ccccc2)(c2ccccc2)c2ccccc2)n1)c1ncn(C(c2ccccc2)(c2ccccc2)c2ccccc2)n1. The number of carbonyl (C=O) groups is 2. The third kappa shape index (κ3) is 10.1. The fraction of sp³-hybridized carbons (Fsp3) is 0.192. The Hall–Kier alpha value is -6.21. The van der Waals surface area contributed by atoms with E-state index in [2.05, 4.69) is 72.8 Å². The van der Waals surface area contributed by atoms with E-state index in [1.54, 1.807) is 12.7 Å². The molecule has 8 rings (SSSR count). The van der Waals surface area contributed by atoms with E-state index < -0.39 is 29.8 Å². The molecule has 0 amide bonds. The minimum Gasteiger partial charge on any atom is -0.311 e. The summed E-state index contributed by atoms with van der Waals surface area (Å²) in [6.07, 6.45) is 4.00. The second kappa shape index (κ2) is 21.9. The third-order valence-corrected chi connectivity index (χ3v) is 14.3. The Bertz CT molecular complexity index is 2430. The van der Waals surface area contributed by atoms with Crippen LogP contribution in [0.2, 0.25) is 0 Å². The quantitative estimate of drug-likeness (QED) is 0.0534. The molecule has 0 saturated heterocycles. The molecule has 2 atom stereocenters. The van der Waals surface area contributed by atoms with Crippen molar-refractivity contribution in [2.24, 2.45) is 0 Å². The third-order valence-electron chi connectivity index (χ3n) is 11.2. The molecule has 0 aliphatic carbocycles. The van der Waals surface area contributed by atoms with Crippen LogP contribution in [0.4, 0.5) is 0 Å². The highest BCUT2D eigenvalue weighted by Crippen LogP contribution is 2.43. The van der Waals surface area contributed by atoms with Gasteiger partial charge in [-0.25, -0.2) is 19.3 Å². The van der Waals surface area contributed by atoms with Gasteiger partial charge < -0.3 is 9.05 Å². The van der Waals surface area contributed by atoms with Crippen molar-refractivity contribution >= 4 is 42.0 Å². The van der Waals surface area contributed by atoms with E-state index in [1.807, 2.05) is 119 Å². The minimum atomic E-state index is -2.98. The lowest BCUT2D eigenvalue weighted by atomic mass is 9.77. The number of hydrogen-bond donors (Lipinski definition) is 0. The molecule has 0 fully saturated rings. The summed E-state index contributed by atoms with van der Waals surface area (Å²) < 4.78 is 28.5. The molecule has 11 nitrogen and oxygen atoms in total. The number of carbonyl (C=O) groups excluding carboxylic acids is 2. The molecule has 2 aromatic heterocycles. The zero-order valence-corrected chi connectivity index (χ0v) is 39.1. The van der Waals surface area contributed by atoms with Crippen LogP contribution in [0.1, 0.15) is 82.2 Å². The van der Waals surface area contributed by atoms with E-state index in [0.29, 0.717) is 24.5 Å². The number of rotatable bonds is 20. The van der Waals surface area contributed by atoms with Crippen LogP contribution in [0, 0.1) is 0 Å². The molecule has 0 bridgehead atoms. The van der Waals surface area contributed by atoms with E-state index in [4.69, 9.17) is 29.2 Å². The molecule has 8 aromatic rings. The van der Waals surface area contributed by atoms with E-state index >= 15 is 0 Å². The lowest BCUT2D eigenvalue weighted by Crippen LogP contribution is -2.38. The van der Waals surface area contributed by atoms with Crippen LogP contribution in [0.5, 0.6) is 0 Å². The van der Waals surface area contributed by atoms with Gasteiger partial charge in [0.05, 0.1) is 23.7 Å². The number of nitrogens with zero attached hydrogens (tertiary/aromatic N) is 6. The average Bonchev–Trinajstić information content (AvgIpc) is 4.06. The summed E-state index contributed by atoms with van der Waals surface area (Å²) in [5.41, 5.74) is 4.17. The van der Waals surface area contributed by atoms with Gasteiger partial charge in [0.2, 0.25) is 0 Å². The summed E-state index contributed by atoms with van der Waals surface area (Å²) in [6, 6.07) is 60.9. The molecule has 0 radical (unpaired) electrons. The first-order valence-electron chi connectivity index (χ1n) is 21.6. The van der Waals surface area contributed by atoms with Crippen molar-refractivity contribution in [3.8, 4) is 0 Å². The predicted octanol–water partition coefficient (Wildman–Crippen LogP) is 11.1. The fourth-order valence-electron chi connectivity index (χ4n) is 8.46. The molecule has 6 aromatic carbocycles. The molecular weight excluding hydrogens is 884 g/mol. The van der Waals surface area contributed by atoms with Gasteiger partial charge in [0.1, 0.15) is 23.7 Å². The largest absolute Gasteiger partial charge is 0.319 e. The topological polar surface area (TPSA) is 131 Å². The Kier molecular flexibility index (Phi) is 15.3. The fourth-order valence-corrected chi connectivity index (χ4v) is 10.8. The summed E-state index contributed by atoms with van der Waals surface area (Å²) in [6.45, 7) is 3.05. The first-order chi connectivity index (χ1) is 32.3. The molecule has 2 unspecified atom stereocenters. The van der Waals surface area contributed by atoms with Crippen molar-refractivity contribution in [3.63, 3.8) is 0 Å². The van der Waals surface area contributed by atoms with Gasteiger partial charge in [-0.3, -0.25) is 14.2 Å². The molecule has 0 N–H and O–H groups in total. The van der Waals surface area contributed by atoms with E-state index in [-0.39, 0.29) is 23.4 Å². The van der Waals surface area contributed by atoms with Crippen molar-refractivity contribution in [1.82, 2.24) is 29.5 Å². The molecule has 0 spiro atoms. The molecule has 0 saturated carbocycles. The zero-order chi connectivity index (χ0) is 45.8. The summed E-state index contributed by atoms with van der Waals surface area (Å²) in [4.78, 5) is 34.8. The highest BCUT2D eigenvalue weighted by molar-refractivity contribution is 8.14. The highest BCUT2D eigenvalue weighted by Gasteiger charge is 2.41. The first kappa shape index (κ1) is 46.3. The molecule has 14 heteroatoms. The predicted molar refractivity (Wildman–Crippen MR) is 261 cm³/mol. The van der Waals surface area contributed by atoms with Gasteiger partial charge in [0.15, 0.2) is 21.9 Å². The van der Waals surface area contributed by atoms with Gasteiger partial charge in [-0.2, -0.15) is 10.2 Å². The molecule has 0 aliphatic rings. The number of benzene rings is 6. The minimum absolute atomic E-state index is 0.0244. The van der Waals surface area contributed by atoms with Crippen LogP contribution in [0.25, 0.3) is 0 Å². The van der Waals surface area contributed by atoms with Gasteiger partial charge in [-0.15, -0.1) is 0 Å². The highest BCUT2D eigenvalue weighted by atomic mass is 32.2.